The van der Waals surface area contributed by atoms with E-state index in [4.69, 9.17) is 10.5 Å². The summed E-state index contributed by atoms with van der Waals surface area (Å²) in [4.78, 5) is 13.4. The minimum absolute atomic E-state index is 0.0732. The Hall–Kier alpha value is -2.44. The molecule has 2 rings (SSSR count). The van der Waals surface area contributed by atoms with Crippen molar-refractivity contribution < 1.29 is 19.0 Å². The third kappa shape index (κ3) is 5.27. The van der Waals surface area contributed by atoms with E-state index in [1.54, 1.807) is 18.0 Å². The third-order valence-corrected chi connectivity index (χ3v) is 3.90. The number of carbonyl (C=O) groups is 1. The molecule has 25 heavy (non-hydrogen) atoms. The molecule has 0 aliphatic carbocycles. The van der Waals surface area contributed by atoms with Crippen molar-refractivity contribution in [2.45, 2.75) is 19.1 Å². The lowest BCUT2D eigenvalue weighted by molar-refractivity contribution is -0.123. The van der Waals surface area contributed by atoms with E-state index in [-0.39, 0.29) is 13.2 Å². The van der Waals surface area contributed by atoms with Gasteiger partial charge in [-0.2, -0.15) is 0 Å². The third-order valence-electron chi connectivity index (χ3n) is 3.90. The zero-order valence-electron chi connectivity index (χ0n) is 14.4. The number of halogens is 1. The topological polar surface area (TPSA) is 75.8 Å². The molecule has 0 fully saturated rings. The lowest BCUT2D eigenvalue weighted by atomic mass is 10.0. The Morgan fingerprint density at radius 2 is 2.00 bits per heavy atom. The molecule has 2 aromatic carbocycles. The van der Waals surface area contributed by atoms with Crippen LogP contribution in [0.3, 0.4) is 0 Å². The summed E-state index contributed by atoms with van der Waals surface area (Å²) in [6, 6.07) is 12.4. The van der Waals surface area contributed by atoms with Gasteiger partial charge in [-0.15, -0.1) is 0 Å². The molecule has 134 valence electrons. The number of primary amides is 1. The van der Waals surface area contributed by atoms with Gasteiger partial charge < -0.3 is 15.6 Å². The first-order valence-corrected chi connectivity index (χ1v) is 8.00. The van der Waals surface area contributed by atoms with Crippen molar-refractivity contribution in [3.8, 4) is 5.75 Å². The number of para-hydroxylation sites is 1. The van der Waals surface area contributed by atoms with Crippen LogP contribution in [0.15, 0.2) is 48.5 Å². The largest absolute Gasteiger partial charge is 0.491 e. The van der Waals surface area contributed by atoms with Gasteiger partial charge in [0.2, 0.25) is 5.91 Å². The van der Waals surface area contributed by atoms with Gasteiger partial charge in [0.15, 0.2) is 0 Å². The highest BCUT2D eigenvalue weighted by Crippen LogP contribution is 2.21. The zero-order valence-corrected chi connectivity index (χ0v) is 14.4. The van der Waals surface area contributed by atoms with Crippen molar-refractivity contribution in [2.75, 3.05) is 20.2 Å². The number of carbonyl (C=O) groups excluding carboxylic acids is 1. The Morgan fingerprint density at radius 1 is 1.28 bits per heavy atom. The molecule has 0 saturated heterocycles. The fourth-order valence-electron chi connectivity index (χ4n) is 2.71. The normalized spacial score (nSPS) is 13.5. The predicted molar refractivity (Wildman–Crippen MR) is 93.6 cm³/mol. The number of aliphatic hydroxyl groups excluding tert-OH is 1. The molecular weight excluding hydrogens is 323 g/mol. The first kappa shape index (κ1) is 18.9. The second-order valence-corrected chi connectivity index (χ2v) is 6.03. The molecule has 0 radical (unpaired) electrons. The highest BCUT2D eigenvalue weighted by atomic mass is 19.1. The van der Waals surface area contributed by atoms with E-state index in [2.05, 4.69) is 0 Å². The minimum atomic E-state index is -0.833. The molecule has 0 bridgehead atoms. The molecule has 3 N–H and O–H groups in total. The molecule has 0 aliphatic heterocycles. The van der Waals surface area contributed by atoms with Crippen molar-refractivity contribution in [1.82, 2.24) is 4.90 Å². The Bertz CT molecular complexity index is 723. The Labute approximate surface area is 146 Å². The van der Waals surface area contributed by atoms with Crippen LogP contribution in [-0.4, -0.2) is 42.2 Å². The van der Waals surface area contributed by atoms with Crippen LogP contribution in [0.5, 0.6) is 5.75 Å². The second-order valence-electron chi connectivity index (χ2n) is 6.03. The van der Waals surface area contributed by atoms with Gasteiger partial charge >= 0.3 is 0 Å². The summed E-state index contributed by atoms with van der Waals surface area (Å²) >= 11 is 0. The van der Waals surface area contributed by atoms with Gasteiger partial charge in [0.1, 0.15) is 30.3 Å². The number of likely N-dealkylation sites (N-methyl/N-ethyl adjacent to an activating group) is 1. The molecule has 0 spiro atoms. The van der Waals surface area contributed by atoms with Crippen LogP contribution in [0.25, 0.3) is 0 Å². The molecule has 0 saturated carbocycles. The molecule has 2 atom stereocenters. The molecule has 2 aromatic rings. The van der Waals surface area contributed by atoms with Gasteiger partial charge in [-0.1, -0.05) is 30.3 Å². The number of ether oxygens (including phenoxy) is 1. The van der Waals surface area contributed by atoms with Gasteiger partial charge in [-0.3, -0.25) is 9.69 Å². The molecular formula is C19H23FN2O3. The van der Waals surface area contributed by atoms with E-state index in [9.17, 15) is 14.3 Å². The molecule has 2 unspecified atom stereocenters. The SMILES string of the molecule is Cc1ccccc1OCC(O)CN(C)C(C(N)=O)c1cccc(F)c1. The zero-order chi connectivity index (χ0) is 18.4. The van der Waals surface area contributed by atoms with Crippen molar-refractivity contribution >= 4 is 5.91 Å². The number of amides is 1. The maximum atomic E-state index is 13.4. The standard InChI is InChI=1S/C19H23FN2O3/c1-13-6-3-4-9-17(13)25-12-16(23)11-22(2)18(19(21)24)14-7-5-8-15(20)10-14/h3-10,16,18,23H,11-12H2,1-2H3,(H2,21,24). The number of rotatable bonds is 8. The van der Waals surface area contributed by atoms with Gasteiger partial charge in [-0.05, 0) is 43.3 Å². The van der Waals surface area contributed by atoms with E-state index < -0.39 is 23.9 Å². The molecule has 5 nitrogen and oxygen atoms in total. The summed E-state index contributed by atoms with van der Waals surface area (Å²) < 4.78 is 19.0. The van der Waals surface area contributed by atoms with E-state index in [0.717, 1.165) is 5.56 Å². The quantitative estimate of drug-likeness (QED) is 0.767. The molecule has 0 aromatic heterocycles. The van der Waals surface area contributed by atoms with Gasteiger partial charge in [-0.25, -0.2) is 4.39 Å². The first-order valence-electron chi connectivity index (χ1n) is 8.00. The fourth-order valence-corrected chi connectivity index (χ4v) is 2.71. The van der Waals surface area contributed by atoms with E-state index in [1.165, 1.54) is 18.2 Å². The van der Waals surface area contributed by atoms with E-state index in [1.807, 2.05) is 31.2 Å². The molecule has 0 aliphatic rings. The van der Waals surface area contributed by atoms with E-state index >= 15 is 0 Å². The average Bonchev–Trinajstić information content (AvgIpc) is 2.54. The summed E-state index contributed by atoms with van der Waals surface area (Å²) in [6.45, 7) is 2.14. The molecule has 1 amide bonds. The number of aryl methyl sites for hydroxylation is 1. The maximum absolute atomic E-state index is 13.4. The monoisotopic (exact) mass is 346 g/mol. The van der Waals surface area contributed by atoms with Crippen LogP contribution in [-0.2, 0) is 4.79 Å². The molecule has 0 heterocycles. The summed E-state index contributed by atoms with van der Waals surface area (Å²) in [5, 5.41) is 10.2. The average molecular weight is 346 g/mol. The minimum Gasteiger partial charge on any atom is -0.491 e. The van der Waals surface area contributed by atoms with Crippen LogP contribution in [0, 0.1) is 12.7 Å². The van der Waals surface area contributed by atoms with Crippen LogP contribution in [0.2, 0.25) is 0 Å². The van der Waals surface area contributed by atoms with Crippen LogP contribution in [0.4, 0.5) is 4.39 Å². The summed E-state index contributed by atoms with van der Waals surface area (Å²) in [7, 11) is 1.65. The van der Waals surface area contributed by atoms with Crippen molar-refractivity contribution in [3.63, 3.8) is 0 Å². The van der Waals surface area contributed by atoms with E-state index in [0.29, 0.717) is 11.3 Å². The van der Waals surface area contributed by atoms with Gasteiger partial charge in [0.25, 0.3) is 0 Å². The number of nitrogens with two attached hydrogens (primary N) is 1. The number of nitrogens with zero attached hydrogens (tertiary/aromatic N) is 1. The smallest absolute Gasteiger partial charge is 0.239 e. The van der Waals surface area contributed by atoms with Crippen molar-refractivity contribution in [1.29, 1.82) is 0 Å². The van der Waals surface area contributed by atoms with Gasteiger partial charge in [0.05, 0.1) is 0 Å². The highest BCUT2D eigenvalue weighted by molar-refractivity contribution is 5.81. The number of hydrogen-bond donors (Lipinski definition) is 2. The van der Waals surface area contributed by atoms with Crippen molar-refractivity contribution in [3.05, 3.63) is 65.5 Å². The maximum Gasteiger partial charge on any atom is 0.239 e. The molecule has 6 heteroatoms. The predicted octanol–water partition coefficient (Wildman–Crippen LogP) is 2.03. The number of hydrogen-bond acceptors (Lipinski definition) is 4. The second kappa shape index (κ2) is 8.60. The Kier molecular flexibility index (Phi) is 6.50. The van der Waals surface area contributed by atoms with Crippen LogP contribution < -0.4 is 10.5 Å². The van der Waals surface area contributed by atoms with Gasteiger partial charge in [0, 0.05) is 6.54 Å². The summed E-state index contributed by atoms with van der Waals surface area (Å²) in [5.41, 5.74) is 6.88. The Morgan fingerprint density at radius 3 is 2.64 bits per heavy atom. The fraction of sp³-hybridized carbons (Fsp3) is 0.316. The first-order chi connectivity index (χ1) is 11.9. The lowest BCUT2D eigenvalue weighted by Gasteiger charge is -2.28. The summed E-state index contributed by atoms with van der Waals surface area (Å²) in [5.74, 6) is -0.360. The van der Waals surface area contributed by atoms with Crippen molar-refractivity contribution in [2.24, 2.45) is 5.73 Å². The highest BCUT2D eigenvalue weighted by Gasteiger charge is 2.25. The Balaban J connectivity index is 1.99. The van der Waals surface area contributed by atoms with Crippen LogP contribution >= 0.6 is 0 Å². The lowest BCUT2D eigenvalue weighted by Crippen LogP contribution is -2.41. The number of benzene rings is 2. The van der Waals surface area contributed by atoms with Crippen LogP contribution in [0.1, 0.15) is 17.2 Å². The number of aliphatic hydroxyl groups is 1. The summed E-state index contributed by atoms with van der Waals surface area (Å²) in [6.07, 6.45) is -0.833.